The van der Waals surface area contributed by atoms with Gasteiger partial charge in [0.2, 0.25) is 0 Å². The normalized spacial score (nSPS) is 12.1. The second-order valence-corrected chi connectivity index (χ2v) is 9.80. The van der Waals surface area contributed by atoms with E-state index < -0.39 is 15.9 Å². The van der Waals surface area contributed by atoms with Crippen LogP contribution in [0.4, 0.5) is 5.69 Å². The van der Waals surface area contributed by atoms with Gasteiger partial charge in [-0.25, -0.2) is 8.42 Å². The molecule has 1 amide bonds. The average Bonchev–Trinajstić information content (AvgIpc) is 3.16. The number of anilines is 1. The van der Waals surface area contributed by atoms with E-state index >= 15 is 0 Å². The first kappa shape index (κ1) is 22.8. The molecule has 0 aliphatic rings. The molecule has 0 spiro atoms. The number of thiazole rings is 1. The van der Waals surface area contributed by atoms with Gasteiger partial charge in [-0.1, -0.05) is 29.5 Å². The molecule has 0 bridgehead atoms. The number of aryl methyl sites for hydroxylation is 1. The van der Waals surface area contributed by atoms with E-state index in [0.717, 1.165) is 16.0 Å². The fourth-order valence-electron chi connectivity index (χ4n) is 3.35. The minimum Gasteiger partial charge on any atom is -0.494 e. The van der Waals surface area contributed by atoms with Gasteiger partial charge in [-0.05, 0) is 68.4 Å². The Morgan fingerprint density at radius 1 is 1.03 bits per heavy atom. The van der Waals surface area contributed by atoms with Crippen LogP contribution in [-0.4, -0.2) is 25.5 Å². The standard InChI is InChI=1S/C24H23N3O4S2/c1-3-27-21-15-14-19(31-4-2)16-22(21)32-24(27)25-23(28)17-10-12-18(13-11-17)26-33(29,30)20-8-6-5-7-9-20/h5-16,26H,3-4H2,1-2H3. The Morgan fingerprint density at radius 3 is 2.42 bits per heavy atom. The van der Waals surface area contributed by atoms with Crippen molar-refractivity contribution in [3.63, 3.8) is 0 Å². The molecule has 1 aromatic heterocycles. The molecule has 4 rings (SSSR count). The second-order valence-electron chi connectivity index (χ2n) is 7.10. The van der Waals surface area contributed by atoms with E-state index in [1.807, 2.05) is 36.6 Å². The molecule has 4 aromatic rings. The lowest BCUT2D eigenvalue weighted by Crippen LogP contribution is -2.16. The molecular formula is C24H23N3O4S2. The average molecular weight is 482 g/mol. The minimum absolute atomic E-state index is 0.168. The Kier molecular flexibility index (Phi) is 6.62. The molecular weight excluding hydrogens is 458 g/mol. The molecule has 170 valence electrons. The van der Waals surface area contributed by atoms with Crippen LogP contribution < -0.4 is 14.3 Å². The molecule has 33 heavy (non-hydrogen) atoms. The molecule has 1 N–H and O–H groups in total. The molecule has 1 heterocycles. The highest BCUT2D eigenvalue weighted by Crippen LogP contribution is 2.23. The van der Waals surface area contributed by atoms with Crippen molar-refractivity contribution in [3.05, 3.63) is 83.2 Å². The maximum absolute atomic E-state index is 12.8. The monoisotopic (exact) mass is 481 g/mol. The van der Waals surface area contributed by atoms with Crippen LogP contribution in [0.1, 0.15) is 24.2 Å². The number of carbonyl (C=O) groups excluding carboxylic acids is 1. The lowest BCUT2D eigenvalue weighted by Gasteiger charge is -2.08. The number of aromatic nitrogens is 1. The van der Waals surface area contributed by atoms with Crippen LogP contribution >= 0.6 is 11.3 Å². The van der Waals surface area contributed by atoms with Crippen molar-refractivity contribution >= 4 is 43.2 Å². The van der Waals surface area contributed by atoms with Crippen molar-refractivity contribution in [2.45, 2.75) is 25.3 Å². The van der Waals surface area contributed by atoms with Crippen LogP contribution in [0.15, 0.2) is 82.7 Å². The smallest absolute Gasteiger partial charge is 0.279 e. The number of hydrogen-bond acceptors (Lipinski definition) is 5. The van der Waals surface area contributed by atoms with Gasteiger partial charge in [0.05, 0.1) is 21.7 Å². The number of rotatable bonds is 7. The number of fused-ring (bicyclic) bond motifs is 1. The third kappa shape index (κ3) is 4.99. The van der Waals surface area contributed by atoms with Crippen molar-refractivity contribution in [2.75, 3.05) is 11.3 Å². The zero-order chi connectivity index (χ0) is 23.4. The van der Waals surface area contributed by atoms with E-state index in [9.17, 15) is 13.2 Å². The summed E-state index contributed by atoms with van der Waals surface area (Å²) in [5.41, 5.74) is 1.72. The summed E-state index contributed by atoms with van der Waals surface area (Å²) in [6, 6.07) is 20.2. The van der Waals surface area contributed by atoms with Crippen LogP contribution in [0.2, 0.25) is 0 Å². The van der Waals surface area contributed by atoms with E-state index in [1.165, 1.54) is 23.5 Å². The van der Waals surface area contributed by atoms with E-state index in [2.05, 4.69) is 9.71 Å². The zero-order valence-electron chi connectivity index (χ0n) is 18.2. The van der Waals surface area contributed by atoms with Crippen LogP contribution in [0.5, 0.6) is 5.75 Å². The first-order valence-corrected chi connectivity index (χ1v) is 12.7. The molecule has 0 aliphatic carbocycles. The van der Waals surface area contributed by atoms with Gasteiger partial charge in [-0.3, -0.25) is 9.52 Å². The Balaban J connectivity index is 1.59. The highest BCUT2D eigenvalue weighted by Gasteiger charge is 2.14. The van der Waals surface area contributed by atoms with Crippen LogP contribution in [0.25, 0.3) is 10.2 Å². The first-order chi connectivity index (χ1) is 15.9. The number of sulfonamides is 1. The van der Waals surface area contributed by atoms with E-state index in [0.29, 0.717) is 29.2 Å². The van der Waals surface area contributed by atoms with Gasteiger partial charge in [-0.2, -0.15) is 4.99 Å². The van der Waals surface area contributed by atoms with Crippen molar-refractivity contribution < 1.29 is 17.9 Å². The Morgan fingerprint density at radius 2 is 1.76 bits per heavy atom. The number of benzene rings is 3. The van der Waals surface area contributed by atoms with Gasteiger partial charge >= 0.3 is 0 Å². The molecule has 3 aromatic carbocycles. The summed E-state index contributed by atoms with van der Waals surface area (Å²) < 4.78 is 36.0. The maximum Gasteiger partial charge on any atom is 0.279 e. The Hall–Kier alpha value is -3.43. The van der Waals surface area contributed by atoms with E-state index in [-0.39, 0.29) is 4.90 Å². The molecule has 0 saturated carbocycles. The van der Waals surface area contributed by atoms with Gasteiger partial charge in [0.1, 0.15) is 5.75 Å². The topological polar surface area (TPSA) is 89.8 Å². The highest BCUT2D eigenvalue weighted by molar-refractivity contribution is 7.92. The van der Waals surface area contributed by atoms with Crippen molar-refractivity contribution in [1.29, 1.82) is 0 Å². The molecule has 0 radical (unpaired) electrons. The third-order valence-corrected chi connectivity index (χ3v) is 7.35. The quantitative estimate of drug-likeness (QED) is 0.416. The van der Waals surface area contributed by atoms with Crippen LogP contribution in [0.3, 0.4) is 0 Å². The lowest BCUT2D eigenvalue weighted by molar-refractivity contribution is 0.0998. The lowest BCUT2D eigenvalue weighted by atomic mass is 10.2. The van der Waals surface area contributed by atoms with Crippen molar-refractivity contribution in [2.24, 2.45) is 4.99 Å². The van der Waals surface area contributed by atoms with Gasteiger partial charge in [0, 0.05) is 17.8 Å². The summed E-state index contributed by atoms with van der Waals surface area (Å²) in [4.78, 5) is 17.9. The number of nitrogens with zero attached hydrogens (tertiary/aromatic N) is 2. The molecule has 9 heteroatoms. The highest BCUT2D eigenvalue weighted by atomic mass is 32.2. The molecule has 0 unspecified atom stereocenters. The summed E-state index contributed by atoms with van der Waals surface area (Å²) in [6.07, 6.45) is 0. The maximum atomic E-state index is 12.8. The van der Waals surface area contributed by atoms with Gasteiger partial charge in [0.25, 0.3) is 15.9 Å². The van der Waals surface area contributed by atoms with E-state index in [4.69, 9.17) is 4.74 Å². The SMILES string of the molecule is CCOc1ccc2c(c1)sc(=NC(=O)c1ccc(NS(=O)(=O)c3ccccc3)cc1)n2CC. The molecule has 0 fully saturated rings. The summed E-state index contributed by atoms with van der Waals surface area (Å²) >= 11 is 1.42. The second kappa shape index (κ2) is 9.60. The van der Waals surface area contributed by atoms with Crippen molar-refractivity contribution in [3.8, 4) is 5.75 Å². The summed E-state index contributed by atoms with van der Waals surface area (Å²) in [7, 11) is -3.70. The largest absolute Gasteiger partial charge is 0.494 e. The number of carbonyl (C=O) groups is 1. The van der Waals surface area contributed by atoms with Gasteiger partial charge in [0.15, 0.2) is 4.80 Å². The number of ether oxygens (including phenoxy) is 1. The third-order valence-electron chi connectivity index (χ3n) is 4.92. The Labute approximate surface area is 196 Å². The summed E-state index contributed by atoms with van der Waals surface area (Å²) in [5, 5.41) is 0. The van der Waals surface area contributed by atoms with E-state index in [1.54, 1.807) is 42.5 Å². The molecule has 0 aliphatic heterocycles. The fourth-order valence-corrected chi connectivity index (χ4v) is 5.55. The fraction of sp³-hybridized carbons (Fsp3) is 0.167. The molecule has 0 atom stereocenters. The number of amides is 1. The van der Waals surface area contributed by atoms with Crippen molar-refractivity contribution in [1.82, 2.24) is 4.57 Å². The van der Waals surface area contributed by atoms with Gasteiger partial charge in [-0.15, -0.1) is 0 Å². The van der Waals surface area contributed by atoms with Gasteiger partial charge < -0.3 is 9.30 Å². The molecule has 0 saturated heterocycles. The first-order valence-electron chi connectivity index (χ1n) is 10.4. The molecule has 7 nitrogen and oxygen atoms in total. The summed E-state index contributed by atoms with van der Waals surface area (Å²) in [6.45, 7) is 5.18. The summed E-state index contributed by atoms with van der Waals surface area (Å²) in [5.74, 6) is 0.382. The zero-order valence-corrected chi connectivity index (χ0v) is 19.8. The Bertz CT molecular complexity index is 1460. The predicted molar refractivity (Wildman–Crippen MR) is 130 cm³/mol. The number of nitrogens with one attached hydrogen (secondary N) is 1. The van der Waals surface area contributed by atoms with Crippen LogP contribution in [-0.2, 0) is 16.6 Å². The predicted octanol–water partition coefficient (Wildman–Crippen LogP) is 4.66. The van der Waals surface area contributed by atoms with Crippen LogP contribution in [0, 0.1) is 0 Å². The number of hydrogen-bond donors (Lipinski definition) is 1. The minimum atomic E-state index is -3.70.